The summed E-state index contributed by atoms with van der Waals surface area (Å²) in [6.45, 7) is -0.345. The Morgan fingerprint density at radius 2 is 2.28 bits per heavy atom. The van der Waals surface area contributed by atoms with Crippen LogP contribution in [0.3, 0.4) is 0 Å². The molecule has 0 saturated heterocycles. The predicted octanol–water partition coefficient (Wildman–Crippen LogP) is 0.141. The molecule has 0 atom stereocenters. The van der Waals surface area contributed by atoms with Gasteiger partial charge in [0.1, 0.15) is 11.4 Å². The number of nitrogens with zero attached hydrogens (tertiary/aromatic N) is 3. The first-order chi connectivity index (χ1) is 8.41. The summed E-state index contributed by atoms with van der Waals surface area (Å²) in [7, 11) is -2.01. The highest BCUT2D eigenvalue weighted by Crippen LogP contribution is 2.28. The van der Waals surface area contributed by atoms with Gasteiger partial charge in [0, 0.05) is 19.3 Å². The Morgan fingerprint density at radius 3 is 2.78 bits per heavy atom. The molecule has 0 amide bonds. The van der Waals surface area contributed by atoms with Crippen molar-refractivity contribution in [3.05, 3.63) is 12.4 Å². The highest BCUT2D eigenvalue weighted by Gasteiger charge is 2.32. The van der Waals surface area contributed by atoms with Gasteiger partial charge < -0.3 is 5.11 Å². The van der Waals surface area contributed by atoms with Gasteiger partial charge in [-0.25, -0.2) is 8.42 Å². The number of carbonyl (C=O) groups is 1. The lowest BCUT2D eigenvalue weighted by Gasteiger charge is -2.33. The first-order valence-corrected chi connectivity index (χ1v) is 7.07. The first-order valence-electron chi connectivity index (χ1n) is 5.63. The van der Waals surface area contributed by atoms with Crippen LogP contribution in [0.4, 0.5) is 0 Å². The zero-order valence-electron chi connectivity index (χ0n) is 9.98. The molecule has 7 nitrogen and oxygen atoms in total. The lowest BCUT2D eigenvalue weighted by Crippen LogP contribution is -2.41. The fraction of sp³-hybridized carbons (Fsp3) is 0.600. The van der Waals surface area contributed by atoms with Crippen molar-refractivity contribution in [1.82, 2.24) is 14.1 Å². The second kappa shape index (κ2) is 4.69. The van der Waals surface area contributed by atoms with Crippen molar-refractivity contribution < 1.29 is 18.3 Å². The Kier molecular flexibility index (Phi) is 3.40. The van der Waals surface area contributed by atoms with Gasteiger partial charge in [-0.1, -0.05) is 6.42 Å². The molecule has 0 aromatic carbocycles. The Bertz CT molecular complexity index is 547. The number of aliphatic carboxylic acids is 1. The van der Waals surface area contributed by atoms with Crippen molar-refractivity contribution in [2.24, 2.45) is 0 Å². The van der Waals surface area contributed by atoms with E-state index in [0.29, 0.717) is 0 Å². The number of carboxylic acids is 1. The molecule has 0 aliphatic heterocycles. The van der Waals surface area contributed by atoms with E-state index in [1.165, 1.54) is 16.7 Å². The minimum Gasteiger partial charge on any atom is -0.480 e. The van der Waals surface area contributed by atoms with Crippen LogP contribution >= 0.6 is 0 Å². The molecule has 1 aromatic rings. The van der Waals surface area contributed by atoms with Crippen molar-refractivity contribution in [2.75, 3.05) is 7.05 Å². The monoisotopic (exact) mass is 273 g/mol. The van der Waals surface area contributed by atoms with E-state index < -0.39 is 16.0 Å². The van der Waals surface area contributed by atoms with E-state index in [2.05, 4.69) is 5.10 Å². The van der Waals surface area contributed by atoms with Crippen LogP contribution in [0, 0.1) is 0 Å². The molecule has 2 rings (SSSR count). The Balaban J connectivity index is 2.18. The smallest absolute Gasteiger partial charge is 0.325 e. The molecule has 1 aliphatic carbocycles. The summed E-state index contributed by atoms with van der Waals surface area (Å²) < 4.78 is 26.8. The number of sulfonamides is 1. The molecule has 8 heteroatoms. The van der Waals surface area contributed by atoms with Gasteiger partial charge in [-0.15, -0.1) is 0 Å². The molecule has 0 spiro atoms. The Hall–Kier alpha value is -1.41. The highest BCUT2D eigenvalue weighted by atomic mass is 32.2. The van der Waals surface area contributed by atoms with Gasteiger partial charge >= 0.3 is 5.97 Å². The van der Waals surface area contributed by atoms with E-state index in [4.69, 9.17) is 5.11 Å². The minimum absolute atomic E-state index is 0.0400. The molecule has 1 N–H and O–H groups in total. The first kappa shape index (κ1) is 13.0. The Morgan fingerprint density at radius 1 is 1.61 bits per heavy atom. The van der Waals surface area contributed by atoms with Gasteiger partial charge in [0.2, 0.25) is 10.0 Å². The summed E-state index contributed by atoms with van der Waals surface area (Å²) in [4.78, 5) is 10.5. The van der Waals surface area contributed by atoms with Crippen LogP contribution in [0.5, 0.6) is 0 Å². The maximum atomic E-state index is 12.2. The quantitative estimate of drug-likeness (QED) is 0.823. The van der Waals surface area contributed by atoms with Crippen LogP contribution < -0.4 is 0 Å². The molecule has 1 fully saturated rings. The predicted molar refractivity (Wildman–Crippen MR) is 62.5 cm³/mol. The van der Waals surface area contributed by atoms with Gasteiger partial charge in [0.15, 0.2) is 0 Å². The zero-order valence-corrected chi connectivity index (χ0v) is 10.8. The fourth-order valence-electron chi connectivity index (χ4n) is 1.82. The molecule has 1 aliphatic rings. The van der Waals surface area contributed by atoms with Gasteiger partial charge in [0.25, 0.3) is 0 Å². The van der Waals surface area contributed by atoms with Gasteiger partial charge in [-0.2, -0.15) is 9.40 Å². The summed E-state index contributed by atoms with van der Waals surface area (Å²) in [5, 5.41) is 12.3. The third-order valence-electron chi connectivity index (χ3n) is 3.17. The molecular formula is C10H15N3O4S. The lowest BCUT2D eigenvalue weighted by molar-refractivity contribution is -0.137. The van der Waals surface area contributed by atoms with Crippen LogP contribution in [0.1, 0.15) is 19.3 Å². The van der Waals surface area contributed by atoms with Crippen LogP contribution in [0.15, 0.2) is 17.3 Å². The number of aromatic nitrogens is 2. The topological polar surface area (TPSA) is 92.5 Å². The second-order valence-corrected chi connectivity index (χ2v) is 6.37. The van der Waals surface area contributed by atoms with Crippen LogP contribution in [0.2, 0.25) is 0 Å². The lowest BCUT2D eigenvalue weighted by atomic mass is 9.94. The van der Waals surface area contributed by atoms with Gasteiger partial charge in [0.05, 0.1) is 6.20 Å². The summed E-state index contributed by atoms with van der Waals surface area (Å²) in [6.07, 6.45) is 5.23. The SMILES string of the molecule is CN(C1CCC1)S(=O)(=O)c1cnn(CC(=O)O)c1. The summed E-state index contributed by atoms with van der Waals surface area (Å²) in [6, 6.07) is 0.0535. The molecule has 1 aromatic heterocycles. The average molecular weight is 273 g/mol. The third-order valence-corrected chi connectivity index (χ3v) is 5.04. The molecule has 18 heavy (non-hydrogen) atoms. The van der Waals surface area contributed by atoms with E-state index >= 15 is 0 Å². The van der Waals surface area contributed by atoms with Crippen LogP contribution in [0.25, 0.3) is 0 Å². The van der Waals surface area contributed by atoms with E-state index in [1.807, 2.05) is 0 Å². The van der Waals surface area contributed by atoms with E-state index in [1.54, 1.807) is 7.05 Å². The molecule has 0 bridgehead atoms. The summed E-state index contributed by atoms with van der Waals surface area (Å²) in [5.74, 6) is -1.06. The Labute approximate surface area is 105 Å². The van der Waals surface area contributed by atoms with Gasteiger partial charge in [-0.05, 0) is 12.8 Å². The molecule has 0 unspecified atom stereocenters. The van der Waals surface area contributed by atoms with Crippen LogP contribution in [-0.4, -0.2) is 46.7 Å². The third kappa shape index (κ3) is 2.39. The van der Waals surface area contributed by atoms with Crippen molar-refractivity contribution in [1.29, 1.82) is 0 Å². The maximum absolute atomic E-state index is 12.2. The highest BCUT2D eigenvalue weighted by molar-refractivity contribution is 7.89. The average Bonchev–Trinajstić information content (AvgIpc) is 2.62. The normalized spacial score (nSPS) is 16.8. The molecule has 100 valence electrons. The number of carboxylic acid groups (broad SMARTS) is 1. The molecule has 1 saturated carbocycles. The number of rotatable bonds is 5. The van der Waals surface area contributed by atoms with Crippen molar-refractivity contribution in [3.63, 3.8) is 0 Å². The number of hydrogen-bond acceptors (Lipinski definition) is 4. The van der Waals surface area contributed by atoms with Crippen molar-refractivity contribution in [3.8, 4) is 0 Å². The number of hydrogen-bond donors (Lipinski definition) is 1. The molecular weight excluding hydrogens is 258 g/mol. The maximum Gasteiger partial charge on any atom is 0.325 e. The van der Waals surface area contributed by atoms with E-state index in [-0.39, 0.29) is 17.5 Å². The van der Waals surface area contributed by atoms with Crippen molar-refractivity contribution in [2.45, 2.75) is 36.7 Å². The van der Waals surface area contributed by atoms with E-state index in [0.717, 1.165) is 23.9 Å². The molecule has 1 heterocycles. The van der Waals surface area contributed by atoms with Gasteiger partial charge in [-0.3, -0.25) is 9.48 Å². The van der Waals surface area contributed by atoms with E-state index in [9.17, 15) is 13.2 Å². The largest absolute Gasteiger partial charge is 0.480 e. The fourth-order valence-corrected chi connectivity index (χ4v) is 3.19. The summed E-state index contributed by atoms with van der Waals surface area (Å²) in [5.41, 5.74) is 0. The zero-order chi connectivity index (χ0) is 13.3. The summed E-state index contributed by atoms with van der Waals surface area (Å²) >= 11 is 0. The van der Waals surface area contributed by atoms with Crippen molar-refractivity contribution >= 4 is 16.0 Å². The standard InChI is InChI=1S/C10H15N3O4S/c1-12(8-3-2-4-8)18(16,17)9-5-11-13(6-9)7-10(14)15/h5-6,8H,2-4,7H2,1H3,(H,14,15). The second-order valence-electron chi connectivity index (χ2n) is 4.37. The molecule has 0 radical (unpaired) electrons. The van der Waals surface area contributed by atoms with Crippen LogP contribution in [-0.2, 0) is 21.4 Å². The minimum atomic E-state index is -3.56.